The van der Waals surface area contributed by atoms with Crippen molar-refractivity contribution >= 4 is 0 Å². The van der Waals surface area contributed by atoms with Crippen molar-refractivity contribution in [2.24, 2.45) is 5.92 Å². The topological polar surface area (TPSA) is 41.5 Å². The molecule has 21 heavy (non-hydrogen) atoms. The third-order valence-corrected chi connectivity index (χ3v) is 5.00. The van der Waals surface area contributed by atoms with Crippen molar-refractivity contribution in [1.82, 2.24) is 5.32 Å². The molecule has 1 aromatic carbocycles. The van der Waals surface area contributed by atoms with Crippen LogP contribution in [0, 0.1) is 5.92 Å². The summed E-state index contributed by atoms with van der Waals surface area (Å²) >= 11 is 0. The molecule has 0 aromatic heterocycles. The second-order valence-electron chi connectivity index (χ2n) is 6.31. The first-order valence-electron chi connectivity index (χ1n) is 8.02. The number of hydrogen-bond donors (Lipinski definition) is 2. The van der Waals surface area contributed by atoms with E-state index in [0.717, 1.165) is 38.0 Å². The summed E-state index contributed by atoms with van der Waals surface area (Å²) in [6.07, 6.45) is 7.09. The summed E-state index contributed by atoms with van der Waals surface area (Å²) < 4.78 is 5.54. The number of piperidine rings is 1. The van der Waals surface area contributed by atoms with Crippen molar-refractivity contribution in [3.63, 3.8) is 0 Å². The summed E-state index contributed by atoms with van der Waals surface area (Å²) in [7, 11) is 0. The first kappa shape index (κ1) is 14.6. The number of rotatable bonds is 4. The Kier molecular flexibility index (Phi) is 4.32. The Hall–Kier alpha value is -1.32. The van der Waals surface area contributed by atoms with Crippen LogP contribution < -0.4 is 10.1 Å². The molecule has 114 valence electrons. The molecular formula is C18H25NO2. The lowest BCUT2D eigenvalue weighted by atomic mass is 9.67. The van der Waals surface area contributed by atoms with E-state index in [1.54, 1.807) is 6.08 Å². The van der Waals surface area contributed by atoms with Gasteiger partial charge in [0.15, 0.2) is 0 Å². The molecule has 0 bridgehead atoms. The van der Waals surface area contributed by atoms with Gasteiger partial charge in [-0.05, 0) is 43.5 Å². The SMILES string of the molecule is C=CCOc1ccc([C@@H]2NCC[C@]3(O)CCCC[C@@H]23)cc1. The fourth-order valence-electron chi connectivity index (χ4n) is 3.90. The van der Waals surface area contributed by atoms with Crippen molar-refractivity contribution < 1.29 is 9.84 Å². The number of benzene rings is 1. The molecule has 2 fully saturated rings. The van der Waals surface area contributed by atoms with Crippen LogP contribution in [-0.4, -0.2) is 23.9 Å². The van der Waals surface area contributed by atoms with Gasteiger partial charge in [-0.3, -0.25) is 0 Å². The number of fused-ring (bicyclic) bond motifs is 1. The molecule has 1 heterocycles. The fourth-order valence-corrected chi connectivity index (χ4v) is 3.90. The molecule has 2 N–H and O–H groups in total. The highest BCUT2D eigenvalue weighted by Crippen LogP contribution is 2.45. The summed E-state index contributed by atoms with van der Waals surface area (Å²) in [4.78, 5) is 0. The van der Waals surface area contributed by atoms with Crippen molar-refractivity contribution in [3.8, 4) is 5.75 Å². The van der Waals surface area contributed by atoms with Gasteiger partial charge in [0.1, 0.15) is 12.4 Å². The molecule has 0 spiro atoms. The van der Waals surface area contributed by atoms with E-state index in [-0.39, 0.29) is 6.04 Å². The van der Waals surface area contributed by atoms with Crippen molar-refractivity contribution in [2.45, 2.75) is 43.7 Å². The number of nitrogens with one attached hydrogen (secondary N) is 1. The molecule has 0 unspecified atom stereocenters. The molecule has 3 nitrogen and oxygen atoms in total. The van der Waals surface area contributed by atoms with Crippen LogP contribution in [0.4, 0.5) is 0 Å². The van der Waals surface area contributed by atoms with E-state index in [0.29, 0.717) is 12.5 Å². The Morgan fingerprint density at radius 2 is 2.10 bits per heavy atom. The number of ether oxygens (including phenoxy) is 1. The molecule has 1 aliphatic carbocycles. The molecule has 0 amide bonds. The van der Waals surface area contributed by atoms with Gasteiger partial charge in [-0.15, -0.1) is 0 Å². The van der Waals surface area contributed by atoms with Crippen LogP contribution in [-0.2, 0) is 0 Å². The lowest BCUT2D eigenvalue weighted by Crippen LogP contribution is -2.53. The first-order valence-corrected chi connectivity index (χ1v) is 8.02. The summed E-state index contributed by atoms with van der Waals surface area (Å²) in [6, 6.07) is 8.53. The van der Waals surface area contributed by atoms with Gasteiger partial charge in [0.2, 0.25) is 0 Å². The number of hydrogen-bond acceptors (Lipinski definition) is 3. The lowest BCUT2D eigenvalue weighted by Gasteiger charge is -2.48. The quantitative estimate of drug-likeness (QED) is 0.836. The van der Waals surface area contributed by atoms with Crippen LogP contribution in [0.5, 0.6) is 5.75 Å². The minimum atomic E-state index is -0.466. The minimum Gasteiger partial charge on any atom is -0.490 e. The molecule has 0 radical (unpaired) electrons. The summed E-state index contributed by atoms with van der Waals surface area (Å²) in [5.41, 5.74) is 0.789. The average molecular weight is 287 g/mol. The van der Waals surface area contributed by atoms with Gasteiger partial charge in [0.25, 0.3) is 0 Å². The summed E-state index contributed by atoms with van der Waals surface area (Å²) in [6.45, 7) is 5.08. The molecule has 1 aliphatic heterocycles. The smallest absolute Gasteiger partial charge is 0.119 e. The van der Waals surface area contributed by atoms with E-state index in [2.05, 4.69) is 24.0 Å². The van der Waals surface area contributed by atoms with Gasteiger partial charge in [-0.25, -0.2) is 0 Å². The largest absolute Gasteiger partial charge is 0.490 e. The van der Waals surface area contributed by atoms with Crippen LogP contribution in [0.15, 0.2) is 36.9 Å². The maximum absolute atomic E-state index is 10.9. The van der Waals surface area contributed by atoms with Gasteiger partial charge in [-0.2, -0.15) is 0 Å². The van der Waals surface area contributed by atoms with Crippen LogP contribution in [0.1, 0.15) is 43.7 Å². The van der Waals surface area contributed by atoms with Crippen molar-refractivity contribution in [1.29, 1.82) is 0 Å². The van der Waals surface area contributed by atoms with Crippen LogP contribution in [0.2, 0.25) is 0 Å². The monoisotopic (exact) mass is 287 g/mol. The molecule has 3 heteroatoms. The number of aliphatic hydroxyl groups is 1. The Morgan fingerprint density at radius 3 is 2.86 bits per heavy atom. The average Bonchev–Trinajstić information content (AvgIpc) is 2.52. The zero-order valence-corrected chi connectivity index (χ0v) is 12.6. The highest BCUT2D eigenvalue weighted by molar-refractivity contribution is 5.30. The van der Waals surface area contributed by atoms with E-state index in [9.17, 15) is 5.11 Å². The van der Waals surface area contributed by atoms with Gasteiger partial charge in [0.05, 0.1) is 5.60 Å². The Balaban J connectivity index is 1.77. The normalized spacial score (nSPS) is 32.2. The lowest BCUT2D eigenvalue weighted by molar-refractivity contribution is -0.0861. The van der Waals surface area contributed by atoms with Gasteiger partial charge in [0, 0.05) is 12.0 Å². The van der Waals surface area contributed by atoms with Crippen molar-refractivity contribution in [3.05, 3.63) is 42.5 Å². The first-order chi connectivity index (χ1) is 10.2. The summed E-state index contributed by atoms with van der Waals surface area (Å²) in [5, 5.41) is 14.5. The van der Waals surface area contributed by atoms with E-state index in [4.69, 9.17) is 4.74 Å². The van der Waals surface area contributed by atoms with Crippen molar-refractivity contribution in [2.75, 3.05) is 13.2 Å². The second-order valence-corrected chi connectivity index (χ2v) is 6.31. The summed E-state index contributed by atoms with van der Waals surface area (Å²) in [5.74, 6) is 1.20. The Labute approximate surface area is 127 Å². The molecular weight excluding hydrogens is 262 g/mol. The highest BCUT2D eigenvalue weighted by Gasteiger charge is 2.45. The van der Waals surface area contributed by atoms with Crippen LogP contribution >= 0.6 is 0 Å². The maximum Gasteiger partial charge on any atom is 0.119 e. The van der Waals surface area contributed by atoms with E-state index in [1.165, 1.54) is 12.0 Å². The van der Waals surface area contributed by atoms with Gasteiger partial charge in [-0.1, -0.05) is 37.6 Å². The third kappa shape index (κ3) is 2.99. The van der Waals surface area contributed by atoms with Crippen LogP contribution in [0.3, 0.4) is 0 Å². The molecule has 1 aromatic rings. The molecule has 1 saturated carbocycles. The van der Waals surface area contributed by atoms with E-state index >= 15 is 0 Å². The zero-order chi connectivity index (χ0) is 14.7. The molecule has 1 saturated heterocycles. The predicted molar refractivity (Wildman–Crippen MR) is 84.4 cm³/mol. The highest BCUT2D eigenvalue weighted by atomic mass is 16.5. The Bertz CT molecular complexity index is 480. The third-order valence-electron chi connectivity index (χ3n) is 5.00. The van der Waals surface area contributed by atoms with E-state index < -0.39 is 5.60 Å². The fraction of sp³-hybridized carbons (Fsp3) is 0.556. The maximum atomic E-state index is 10.9. The van der Waals surface area contributed by atoms with E-state index in [1.807, 2.05) is 12.1 Å². The molecule has 3 rings (SSSR count). The Morgan fingerprint density at radius 1 is 1.29 bits per heavy atom. The standard InChI is InChI=1S/C18H25NO2/c1-2-13-21-15-8-6-14(7-9-15)17-16-5-3-4-10-18(16,20)11-12-19-17/h2,6-9,16-17,19-20H,1,3-5,10-13H2/t16-,17-,18+/m0/s1. The predicted octanol–water partition coefficient (Wildman–Crippen LogP) is 3.21. The molecule has 3 atom stereocenters. The van der Waals surface area contributed by atoms with Crippen LogP contribution in [0.25, 0.3) is 0 Å². The van der Waals surface area contributed by atoms with Gasteiger partial charge < -0.3 is 15.2 Å². The molecule has 2 aliphatic rings. The minimum absolute atomic E-state index is 0.262. The zero-order valence-electron chi connectivity index (χ0n) is 12.6. The second kappa shape index (κ2) is 6.20. The van der Waals surface area contributed by atoms with Gasteiger partial charge >= 0.3 is 0 Å².